The molecule has 0 atom stereocenters. The molecule has 1 aliphatic rings. The van der Waals surface area contributed by atoms with Gasteiger partial charge in [-0.3, -0.25) is 0 Å². The monoisotopic (exact) mass is 216 g/mol. The van der Waals surface area contributed by atoms with E-state index in [1.807, 2.05) is 13.0 Å². The maximum atomic E-state index is 5.55. The summed E-state index contributed by atoms with van der Waals surface area (Å²) in [7, 11) is 0. The lowest BCUT2D eigenvalue weighted by molar-refractivity contribution is 0.354. The standard InChI is InChI=1S/C12H12N2O2/c1-7-4-9(10-6-11(13)14-16-10)5-8-2-3-15-12(7)8/h4-6H,2-3H2,1H3,(H2,13,14). The van der Waals surface area contributed by atoms with E-state index in [4.69, 9.17) is 15.0 Å². The number of anilines is 1. The van der Waals surface area contributed by atoms with Gasteiger partial charge in [-0.2, -0.15) is 0 Å². The van der Waals surface area contributed by atoms with Gasteiger partial charge in [0.1, 0.15) is 5.75 Å². The Balaban J connectivity index is 2.12. The molecule has 0 unspecified atom stereocenters. The van der Waals surface area contributed by atoms with Gasteiger partial charge in [-0.25, -0.2) is 0 Å². The molecule has 82 valence electrons. The Morgan fingerprint density at radius 3 is 2.94 bits per heavy atom. The van der Waals surface area contributed by atoms with Crippen LogP contribution in [0.15, 0.2) is 22.7 Å². The average molecular weight is 216 g/mol. The first-order valence-corrected chi connectivity index (χ1v) is 5.23. The first kappa shape index (κ1) is 9.27. The Bertz CT molecular complexity index is 546. The summed E-state index contributed by atoms with van der Waals surface area (Å²) in [6.07, 6.45) is 0.952. The molecule has 0 fully saturated rings. The van der Waals surface area contributed by atoms with Gasteiger partial charge in [-0.15, -0.1) is 0 Å². The van der Waals surface area contributed by atoms with E-state index in [0.29, 0.717) is 11.6 Å². The molecule has 0 aliphatic carbocycles. The molecular weight excluding hydrogens is 204 g/mol. The van der Waals surface area contributed by atoms with Gasteiger partial charge in [-0.05, 0) is 30.2 Å². The zero-order chi connectivity index (χ0) is 11.1. The Hall–Kier alpha value is -1.97. The van der Waals surface area contributed by atoms with Crippen LogP contribution in [0.25, 0.3) is 11.3 Å². The van der Waals surface area contributed by atoms with Gasteiger partial charge < -0.3 is 15.0 Å². The summed E-state index contributed by atoms with van der Waals surface area (Å²) in [6, 6.07) is 5.84. The molecule has 3 rings (SSSR count). The van der Waals surface area contributed by atoms with E-state index in [2.05, 4.69) is 11.2 Å². The number of hydrogen-bond acceptors (Lipinski definition) is 4. The second-order valence-corrected chi connectivity index (χ2v) is 4.00. The minimum atomic E-state index is 0.407. The van der Waals surface area contributed by atoms with E-state index in [1.54, 1.807) is 6.07 Å². The average Bonchev–Trinajstić information content (AvgIpc) is 2.85. The molecule has 1 aliphatic heterocycles. The molecular formula is C12H12N2O2. The first-order valence-electron chi connectivity index (χ1n) is 5.23. The third-order valence-corrected chi connectivity index (χ3v) is 2.78. The molecule has 2 N–H and O–H groups in total. The molecule has 0 spiro atoms. The summed E-state index contributed by atoms with van der Waals surface area (Å²) in [5, 5.41) is 3.69. The van der Waals surface area contributed by atoms with Gasteiger partial charge in [0.25, 0.3) is 0 Å². The minimum absolute atomic E-state index is 0.407. The van der Waals surface area contributed by atoms with Crippen LogP contribution in [0.5, 0.6) is 5.75 Å². The van der Waals surface area contributed by atoms with Gasteiger partial charge in [0.15, 0.2) is 11.6 Å². The minimum Gasteiger partial charge on any atom is -0.493 e. The van der Waals surface area contributed by atoms with Gasteiger partial charge in [-0.1, -0.05) is 5.16 Å². The van der Waals surface area contributed by atoms with Crippen molar-refractivity contribution in [2.45, 2.75) is 13.3 Å². The lowest BCUT2D eigenvalue weighted by Crippen LogP contribution is -1.88. The number of rotatable bonds is 1. The number of nitrogen functional groups attached to an aromatic ring is 1. The third kappa shape index (κ3) is 1.34. The fraction of sp³-hybridized carbons (Fsp3) is 0.250. The summed E-state index contributed by atoms with van der Waals surface area (Å²) >= 11 is 0. The first-order chi connectivity index (χ1) is 7.74. The van der Waals surface area contributed by atoms with E-state index in [-0.39, 0.29) is 0 Å². The molecule has 1 aromatic heterocycles. The number of ether oxygens (including phenoxy) is 1. The Labute approximate surface area is 93.0 Å². The van der Waals surface area contributed by atoms with Gasteiger partial charge in [0.2, 0.25) is 0 Å². The van der Waals surface area contributed by atoms with Gasteiger partial charge in [0.05, 0.1) is 6.61 Å². The van der Waals surface area contributed by atoms with Crippen LogP contribution in [0.3, 0.4) is 0 Å². The van der Waals surface area contributed by atoms with Crippen molar-refractivity contribution in [3.05, 3.63) is 29.3 Å². The van der Waals surface area contributed by atoms with Crippen LogP contribution in [-0.2, 0) is 6.42 Å². The van der Waals surface area contributed by atoms with Crippen LogP contribution >= 0.6 is 0 Å². The number of aryl methyl sites for hydroxylation is 1. The number of aromatic nitrogens is 1. The van der Waals surface area contributed by atoms with Crippen molar-refractivity contribution in [1.29, 1.82) is 0 Å². The maximum absolute atomic E-state index is 5.55. The quantitative estimate of drug-likeness (QED) is 0.793. The van der Waals surface area contributed by atoms with Gasteiger partial charge >= 0.3 is 0 Å². The molecule has 4 nitrogen and oxygen atoms in total. The van der Waals surface area contributed by atoms with Crippen LogP contribution in [-0.4, -0.2) is 11.8 Å². The third-order valence-electron chi connectivity index (χ3n) is 2.78. The van der Waals surface area contributed by atoms with E-state index >= 15 is 0 Å². The summed E-state index contributed by atoms with van der Waals surface area (Å²) in [5.41, 5.74) is 8.89. The molecule has 16 heavy (non-hydrogen) atoms. The molecule has 0 bridgehead atoms. The van der Waals surface area contributed by atoms with Crippen molar-refractivity contribution in [3.63, 3.8) is 0 Å². The molecule has 2 aromatic rings. The van der Waals surface area contributed by atoms with Crippen LogP contribution in [0.2, 0.25) is 0 Å². The number of fused-ring (bicyclic) bond motifs is 1. The number of benzene rings is 1. The van der Waals surface area contributed by atoms with Crippen LogP contribution in [0.1, 0.15) is 11.1 Å². The number of hydrogen-bond donors (Lipinski definition) is 1. The van der Waals surface area contributed by atoms with Crippen molar-refractivity contribution in [3.8, 4) is 17.1 Å². The highest BCUT2D eigenvalue weighted by Crippen LogP contribution is 2.34. The van der Waals surface area contributed by atoms with Crippen molar-refractivity contribution >= 4 is 5.82 Å². The molecule has 0 saturated carbocycles. The van der Waals surface area contributed by atoms with Crippen LogP contribution in [0, 0.1) is 6.92 Å². The van der Waals surface area contributed by atoms with E-state index in [0.717, 1.165) is 29.9 Å². The Kier molecular flexibility index (Phi) is 1.89. The highest BCUT2D eigenvalue weighted by molar-refractivity contribution is 5.65. The SMILES string of the molecule is Cc1cc(-c2cc(N)no2)cc2c1OCC2. The van der Waals surface area contributed by atoms with Crippen molar-refractivity contribution in [2.24, 2.45) is 0 Å². The fourth-order valence-corrected chi connectivity index (χ4v) is 2.07. The van der Waals surface area contributed by atoms with Gasteiger partial charge in [0, 0.05) is 18.1 Å². The molecule has 4 heteroatoms. The van der Waals surface area contributed by atoms with E-state index < -0.39 is 0 Å². The summed E-state index contributed by atoms with van der Waals surface area (Å²) in [5.74, 6) is 2.12. The summed E-state index contributed by atoms with van der Waals surface area (Å²) < 4.78 is 10.7. The summed E-state index contributed by atoms with van der Waals surface area (Å²) in [4.78, 5) is 0. The predicted octanol–water partition coefficient (Wildman–Crippen LogP) is 2.17. The second-order valence-electron chi connectivity index (χ2n) is 4.00. The van der Waals surface area contributed by atoms with Crippen molar-refractivity contribution in [2.75, 3.05) is 12.3 Å². The largest absolute Gasteiger partial charge is 0.493 e. The lowest BCUT2D eigenvalue weighted by Gasteiger charge is -2.05. The van der Waals surface area contributed by atoms with Crippen LogP contribution < -0.4 is 10.5 Å². The normalized spacial score (nSPS) is 13.6. The number of nitrogens with zero attached hydrogens (tertiary/aromatic N) is 1. The molecule has 0 saturated heterocycles. The topological polar surface area (TPSA) is 61.3 Å². The Morgan fingerprint density at radius 2 is 2.19 bits per heavy atom. The lowest BCUT2D eigenvalue weighted by atomic mass is 10.0. The second kappa shape index (κ2) is 3.27. The fourth-order valence-electron chi connectivity index (χ4n) is 2.07. The zero-order valence-corrected chi connectivity index (χ0v) is 8.99. The maximum Gasteiger partial charge on any atom is 0.169 e. The Morgan fingerprint density at radius 1 is 1.31 bits per heavy atom. The van der Waals surface area contributed by atoms with Crippen LogP contribution in [0.4, 0.5) is 5.82 Å². The summed E-state index contributed by atoms with van der Waals surface area (Å²) in [6.45, 7) is 2.80. The number of nitrogens with two attached hydrogens (primary N) is 1. The van der Waals surface area contributed by atoms with Crippen molar-refractivity contribution in [1.82, 2.24) is 5.16 Å². The highest BCUT2D eigenvalue weighted by Gasteiger charge is 2.17. The zero-order valence-electron chi connectivity index (χ0n) is 8.99. The smallest absolute Gasteiger partial charge is 0.169 e. The van der Waals surface area contributed by atoms with E-state index in [1.165, 1.54) is 5.56 Å². The molecule has 0 amide bonds. The molecule has 2 heterocycles. The van der Waals surface area contributed by atoms with Crippen molar-refractivity contribution < 1.29 is 9.26 Å². The molecule has 1 aromatic carbocycles. The van der Waals surface area contributed by atoms with E-state index in [9.17, 15) is 0 Å². The highest BCUT2D eigenvalue weighted by atomic mass is 16.5. The predicted molar refractivity (Wildman–Crippen MR) is 60.3 cm³/mol. The molecule has 0 radical (unpaired) electrons.